The van der Waals surface area contributed by atoms with Crippen LogP contribution in [-0.2, 0) is 41.5 Å². The summed E-state index contributed by atoms with van der Waals surface area (Å²) in [5.74, 6) is 0.00548. The maximum absolute atomic E-state index is 15.5. The number of imidazole rings is 1. The molecule has 3 aliphatic rings. The summed E-state index contributed by atoms with van der Waals surface area (Å²) in [5, 5.41) is 3.80. The molecule has 11 nitrogen and oxygen atoms in total. The number of fused-ring (bicyclic) bond motifs is 3. The molecule has 0 spiro atoms. The van der Waals surface area contributed by atoms with E-state index >= 15 is 4.39 Å². The highest BCUT2D eigenvalue weighted by molar-refractivity contribution is 7.92. The third-order valence-corrected chi connectivity index (χ3v) is 17.4. The van der Waals surface area contributed by atoms with Gasteiger partial charge in [-0.3, -0.25) is 4.57 Å². The molecule has 0 saturated carbocycles. The minimum Gasteiger partial charge on any atom is -0.456 e. The van der Waals surface area contributed by atoms with Crippen molar-refractivity contribution < 1.29 is 32.0 Å². The molecule has 2 aromatic heterocycles. The monoisotopic (exact) mass is 781 g/mol. The summed E-state index contributed by atoms with van der Waals surface area (Å²) in [7, 11) is -5.80. The Morgan fingerprint density at radius 3 is 2.43 bits per heavy atom. The normalized spacial score (nSPS) is 23.9. The summed E-state index contributed by atoms with van der Waals surface area (Å²) < 4.78 is 65.7. The van der Waals surface area contributed by atoms with Crippen LogP contribution in [-0.4, -0.2) is 91.9 Å². The van der Waals surface area contributed by atoms with Gasteiger partial charge in [-0.25, -0.2) is 13.6 Å². The summed E-state index contributed by atoms with van der Waals surface area (Å²) in [4.78, 5) is 9.74. The number of anilines is 1. The third kappa shape index (κ3) is 8.66. The van der Waals surface area contributed by atoms with E-state index in [1.807, 2.05) is 10.6 Å². The predicted molar refractivity (Wildman–Crippen MR) is 206 cm³/mol. The van der Waals surface area contributed by atoms with E-state index in [2.05, 4.69) is 63.2 Å². The second-order valence-electron chi connectivity index (χ2n) is 17.0. The van der Waals surface area contributed by atoms with Crippen LogP contribution in [0.1, 0.15) is 44.4 Å². The lowest BCUT2D eigenvalue weighted by molar-refractivity contribution is 0.00687. The first kappa shape index (κ1) is 38.6. The summed E-state index contributed by atoms with van der Waals surface area (Å²) in [6.45, 7) is 19.6. The van der Waals surface area contributed by atoms with Crippen LogP contribution in [0.4, 0.5) is 15.9 Å². The topological polar surface area (TPSA) is 118 Å². The molecular weight excluding hydrogens is 729 g/mol. The molecule has 282 valence electrons. The van der Waals surface area contributed by atoms with Crippen LogP contribution in [0.15, 0.2) is 22.6 Å². The minimum atomic E-state index is -2.42. The highest BCUT2D eigenvalue weighted by atomic mass is 35.5. The fraction of sp³-hybridized carbons (Fsp3) is 0.657. The van der Waals surface area contributed by atoms with E-state index in [0.29, 0.717) is 71.9 Å². The molecule has 1 aromatic carbocycles. The molecule has 2 fully saturated rings. The van der Waals surface area contributed by atoms with Crippen LogP contribution >= 0.6 is 11.6 Å². The zero-order valence-electron chi connectivity index (χ0n) is 31.5. The first-order chi connectivity index (χ1) is 23.7. The van der Waals surface area contributed by atoms with E-state index in [4.69, 9.17) is 44.9 Å². The van der Waals surface area contributed by atoms with Gasteiger partial charge in [0, 0.05) is 48.6 Å². The molecule has 0 radical (unpaired) electrons. The van der Waals surface area contributed by atoms with E-state index in [-0.39, 0.29) is 36.1 Å². The number of nitrogens with one attached hydrogen (secondary N) is 1. The average molecular weight is 783 g/mol. The van der Waals surface area contributed by atoms with Crippen molar-refractivity contribution in [1.29, 1.82) is 0 Å². The SMILES string of the molecule is CC(C)(C)[Si](C)(C)O[C@@H]1CO[C@H]2[C@@H]1OC[C@H]2Oc1nc2cc(Cl)c(N[C@H]3CCc4cc(N=S(C)(C)=O)cc(F)c43)nc2n1COCC[Si](C)(C)C. The molecule has 2 aliphatic heterocycles. The molecule has 51 heavy (non-hydrogen) atoms. The minimum absolute atomic E-state index is 0.0629. The van der Waals surface area contributed by atoms with Gasteiger partial charge in [0.1, 0.15) is 36.1 Å². The number of hydrogen-bond donors (Lipinski definition) is 1. The number of ether oxygens (including phenoxy) is 4. The Labute approximate surface area is 308 Å². The second-order valence-corrected chi connectivity index (χ2v) is 30.3. The standard InChI is InChI=1S/C35H53ClFN5O6SSi2/c1-35(2,3)51(9,10)48-28-19-46-30-27(18-45-31(28)30)47-34-39-26-17-23(36)32(40-33(26)42(34)20-44-13-14-50(6,7)8)38-25-12-11-21-15-22(41-49(4,5)43)16-24(37)29(21)25/h15-17,25,27-28,30-31H,11-14,18-20H2,1-10H3,(H,38,40)/t25-,27+,28+,30+,31+/m0/s1. The smallest absolute Gasteiger partial charge is 0.301 e. The molecule has 1 N–H and O–H groups in total. The lowest BCUT2D eigenvalue weighted by Crippen LogP contribution is -2.47. The van der Waals surface area contributed by atoms with Crippen molar-refractivity contribution in [1.82, 2.24) is 14.5 Å². The van der Waals surface area contributed by atoms with E-state index in [9.17, 15) is 4.21 Å². The zero-order valence-corrected chi connectivity index (χ0v) is 35.0. The maximum Gasteiger partial charge on any atom is 0.301 e. The number of pyridine rings is 1. The zero-order chi connectivity index (χ0) is 37.1. The molecule has 0 unspecified atom stereocenters. The quantitative estimate of drug-likeness (QED) is 0.144. The molecule has 1 aliphatic carbocycles. The van der Waals surface area contributed by atoms with Crippen LogP contribution in [0, 0.1) is 5.82 Å². The fourth-order valence-corrected chi connectivity index (χ4v) is 9.37. The van der Waals surface area contributed by atoms with Crippen molar-refractivity contribution in [2.75, 3.05) is 37.6 Å². The third-order valence-electron chi connectivity index (χ3n) is 10.2. The second kappa shape index (κ2) is 14.3. The van der Waals surface area contributed by atoms with Crippen LogP contribution in [0.3, 0.4) is 0 Å². The predicted octanol–water partition coefficient (Wildman–Crippen LogP) is 7.93. The van der Waals surface area contributed by atoms with Crippen LogP contribution in [0.5, 0.6) is 6.01 Å². The number of nitrogens with zero attached hydrogens (tertiary/aromatic N) is 4. The highest BCUT2D eigenvalue weighted by Gasteiger charge is 2.52. The molecule has 2 saturated heterocycles. The summed E-state index contributed by atoms with van der Waals surface area (Å²) in [5.41, 5.74) is 2.82. The summed E-state index contributed by atoms with van der Waals surface area (Å²) >= 11 is 6.80. The van der Waals surface area contributed by atoms with Gasteiger partial charge in [0.25, 0.3) is 0 Å². The van der Waals surface area contributed by atoms with Gasteiger partial charge in [0.15, 0.2) is 20.1 Å². The van der Waals surface area contributed by atoms with Gasteiger partial charge in [0.05, 0.1) is 36.1 Å². The Hall–Kier alpha value is -2.12. The number of aromatic nitrogens is 3. The Morgan fingerprint density at radius 1 is 1.08 bits per heavy atom. The molecular formula is C35H53ClFN5O6SSi2. The van der Waals surface area contributed by atoms with Crippen molar-refractivity contribution in [2.45, 2.75) is 115 Å². The molecule has 6 rings (SSSR count). The van der Waals surface area contributed by atoms with Gasteiger partial charge in [0.2, 0.25) is 0 Å². The largest absolute Gasteiger partial charge is 0.456 e. The van der Waals surface area contributed by atoms with Crippen LogP contribution < -0.4 is 10.1 Å². The van der Waals surface area contributed by atoms with Crippen molar-refractivity contribution in [3.05, 3.63) is 40.2 Å². The van der Waals surface area contributed by atoms with Gasteiger partial charge in [-0.2, -0.15) is 9.35 Å². The van der Waals surface area contributed by atoms with E-state index < -0.39 is 38.0 Å². The number of aryl methyl sites for hydroxylation is 1. The molecule has 3 aromatic rings. The van der Waals surface area contributed by atoms with Crippen molar-refractivity contribution in [2.24, 2.45) is 4.36 Å². The Kier molecular flexibility index (Phi) is 10.8. The van der Waals surface area contributed by atoms with Crippen molar-refractivity contribution in [3.8, 4) is 6.01 Å². The number of rotatable bonds is 12. The summed E-state index contributed by atoms with van der Waals surface area (Å²) in [6, 6.07) is 5.87. The van der Waals surface area contributed by atoms with E-state index in [1.54, 1.807) is 6.07 Å². The number of hydrogen-bond acceptors (Lipinski definition) is 10. The van der Waals surface area contributed by atoms with Crippen molar-refractivity contribution in [3.63, 3.8) is 0 Å². The van der Waals surface area contributed by atoms with Gasteiger partial charge >= 0.3 is 6.01 Å². The van der Waals surface area contributed by atoms with Crippen LogP contribution in [0.25, 0.3) is 11.2 Å². The fourth-order valence-electron chi connectivity index (χ4n) is 6.48. The van der Waals surface area contributed by atoms with Gasteiger partial charge in [-0.1, -0.05) is 52.0 Å². The van der Waals surface area contributed by atoms with Crippen molar-refractivity contribution >= 4 is 60.4 Å². The lowest BCUT2D eigenvalue weighted by Gasteiger charge is -2.39. The Morgan fingerprint density at radius 2 is 1.76 bits per heavy atom. The average Bonchev–Trinajstić information content (AvgIpc) is 3.75. The Bertz CT molecular complexity index is 1900. The van der Waals surface area contributed by atoms with Crippen LogP contribution in [0.2, 0.25) is 48.8 Å². The summed E-state index contributed by atoms with van der Waals surface area (Å²) in [6.07, 6.45) is 3.24. The molecule has 0 amide bonds. The molecule has 4 heterocycles. The van der Waals surface area contributed by atoms with Gasteiger partial charge in [-0.05, 0) is 54.7 Å². The number of halogens is 2. The first-order valence-corrected chi connectivity index (χ1v) is 27.0. The van der Waals surface area contributed by atoms with E-state index in [0.717, 1.165) is 11.6 Å². The Balaban J connectivity index is 1.26. The molecule has 0 bridgehead atoms. The first-order valence-electron chi connectivity index (χ1n) is 17.7. The van der Waals surface area contributed by atoms with E-state index in [1.165, 1.54) is 18.6 Å². The number of benzene rings is 1. The molecule has 5 atom stereocenters. The maximum atomic E-state index is 15.5. The lowest BCUT2D eigenvalue weighted by atomic mass is 10.1. The van der Waals surface area contributed by atoms with Gasteiger partial charge in [-0.15, -0.1) is 0 Å². The van der Waals surface area contributed by atoms with Gasteiger partial charge < -0.3 is 28.7 Å². The highest BCUT2D eigenvalue weighted by Crippen LogP contribution is 2.42. The molecule has 16 heteroatoms.